The van der Waals surface area contributed by atoms with Crippen LogP contribution >= 0.6 is 23.2 Å². The molecule has 1 atom stereocenters. The monoisotopic (exact) mass is 393 g/mol. The zero-order valence-electron chi connectivity index (χ0n) is 14.6. The average Bonchev–Trinajstić information content (AvgIpc) is 2.57. The lowest BCUT2D eigenvalue weighted by molar-refractivity contribution is -0.123. The van der Waals surface area contributed by atoms with Crippen molar-refractivity contribution in [1.29, 1.82) is 0 Å². The number of likely N-dealkylation sites (N-methyl/N-ethyl adjacent to an activating group) is 1. The van der Waals surface area contributed by atoms with Crippen LogP contribution < -0.4 is 10.6 Å². The van der Waals surface area contributed by atoms with Crippen LogP contribution in [0.15, 0.2) is 48.5 Å². The summed E-state index contributed by atoms with van der Waals surface area (Å²) in [6.45, 7) is 2.08. The summed E-state index contributed by atoms with van der Waals surface area (Å²) in [5, 5.41) is 6.75. The molecule has 5 nitrogen and oxygen atoms in total. The minimum atomic E-state index is -0.237. The summed E-state index contributed by atoms with van der Waals surface area (Å²) in [6.07, 6.45) is 0. The molecular weight excluding hydrogens is 373 g/mol. The van der Waals surface area contributed by atoms with E-state index in [2.05, 4.69) is 10.6 Å². The van der Waals surface area contributed by atoms with Crippen LogP contribution in [0.2, 0.25) is 10.0 Å². The summed E-state index contributed by atoms with van der Waals surface area (Å²) < 4.78 is 0. The molecule has 138 valence electrons. The van der Waals surface area contributed by atoms with E-state index < -0.39 is 0 Å². The van der Waals surface area contributed by atoms with Gasteiger partial charge in [-0.05, 0) is 43.8 Å². The van der Waals surface area contributed by atoms with Gasteiger partial charge in [0.15, 0.2) is 0 Å². The first-order valence-electron chi connectivity index (χ1n) is 8.13. The SMILES string of the molecule is CC(NC(=O)CN(C)CC(=O)Nc1ccccc1Cl)c1ccc(Cl)cc1. The number of hydrogen-bond donors (Lipinski definition) is 2. The second-order valence-electron chi connectivity index (χ2n) is 6.04. The Labute approximate surface area is 163 Å². The first-order chi connectivity index (χ1) is 12.3. The topological polar surface area (TPSA) is 61.4 Å². The summed E-state index contributed by atoms with van der Waals surface area (Å²) >= 11 is 11.9. The van der Waals surface area contributed by atoms with Crippen molar-refractivity contribution < 1.29 is 9.59 Å². The summed E-state index contributed by atoms with van der Waals surface area (Å²) in [5.74, 6) is -0.403. The number of anilines is 1. The van der Waals surface area contributed by atoms with Gasteiger partial charge in [-0.15, -0.1) is 0 Å². The van der Waals surface area contributed by atoms with Crippen molar-refractivity contribution >= 4 is 40.7 Å². The van der Waals surface area contributed by atoms with Gasteiger partial charge in [-0.3, -0.25) is 14.5 Å². The quantitative estimate of drug-likeness (QED) is 0.752. The number of amides is 2. The zero-order chi connectivity index (χ0) is 19.1. The lowest BCUT2D eigenvalue weighted by atomic mass is 10.1. The average molecular weight is 394 g/mol. The van der Waals surface area contributed by atoms with Gasteiger partial charge in [0.2, 0.25) is 11.8 Å². The first-order valence-corrected chi connectivity index (χ1v) is 8.88. The largest absolute Gasteiger partial charge is 0.348 e. The maximum atomic E-state index is 12.2. The highest BCUT2D eigenvalue weighted by Crippen LogP contribution is 2.20. The molecule has 0 spiro atoms. The fourth-order valence-corrected chi connectivity index (χ4v) is 2.73. The van der Waals surface area contributed by atoms with Crippen molar-refractivity contribution in [3.8, 4) is 0 Å². The number of hydrogen-bond acceptors (Lipinski definition) is 3. The minimum absolute atomic E-state index is 0.0774. The molecule has 0 fully saturated rings. The summed E-state index contributed by atoms with van der Waals surface area (Å²) in [6, 6.07) is 14.2. The molecular formula is C19H21Cl2N3O2. The van der Waals surface area contributed by atoms with Gasteiger partial charge in [0.05, 0.1) is 29.8 Å². The van der Waals surface area contributed by atoms with E-state index in [-0.39, 0.29) is 30.9 Å². The second kappa shape index (κ2) is 9.57. The van der Waals surface area contributed by atoms with Crippen LogP contribution in [0.4, 0.5) is 5.69 Å². The number of nitrogens with zero attached hydrogens (tertiary/aromatic N) is 1. The predicted molar refractivity (Wildman–Crippen MR) is 106 cm³/mol. The van der Waals surface area contributed by atoms with Crippen LogP contribution in [0.1, 0.15) is 18.5 Å². The van der Waals surface area contributed by atoms with E-state index in [1.54, 1.807) is 48.3 Å². The number of carbonyl (C=O) groups is 2. The molecule has 0 aromatic heterocycles. The maximum absolute atomic E-state index is 12.2. The Kier molecular flexibility index (Phi) is 7.45. The molecule has 0 aliphatic carbocycles. The third-order valence-corrected chi connectivity index (χ3v) is 4.30. The number of rotatable bonds is 7. The Morgan fingerprint density at radius 1 is 1.00 bits per heavy atom. The molecule has 26 heavy (non-hydrogen) atoms. The number of para-hydroxylation sites is 1. The van der Waals surface area contributed by atoms with Crippen LogP contribution in [0.5, 0.6) is 0 Å². The molecule has 2 amide bonds. The van der Waals surface area contributed by atoms with Gasteiger partial charge >= 0.3 is 0 Å². The minimum Gasteiger partial charge on any atom is -0.348 e. The second-order valence-corrected chi connectivity index (χ2v) is 6.88. The van der Waals surface area contributed by atoms with Gasteiger partial charge in [-0.25, -0.2) is 0 Å². The molecule has 0 saturated carbocycles. The lowest BCUT2D eigenvalue weighted by Crippen LogP contribution is -2.39. The van der Waals surface area contributed by atoms with Crippen LogP contribution in [0, 0.1) is 0 Å². The maximum Gasteiger partial charge on any atom is 0.238 e. The van der Waals surface area contributed by atoms with E-state index in [0.29, 0.717) is 15.7 Å². The molecule has 0 radical (unpaired) electrons. The van der Waals surface area contributed by atoms with E-state index in [1.807, 2.05) is 19.1 Å². The van der Waals surface area contributed by atoms with E-state index in [1.165, 1.54) is 0 Å². The van der Waals surface area contributed by atoms with Gasteiger partial charge in [0, 0.05) is 5.02 Å². The Morgan fingerprint density at radius 3 is 2.27 bits per heavy atom. The van der Waals surface area contributed by atoms with Crippen molar-refractivity contribution in [2.24, 2.45) is 0 Å². The van der Waals surface area contributed by atoms with Crippen molar-refractivity contribution in [3.05, 3.63) is 64.1 Å². The zero-order valence-corrected chi connectivity index (χ0v) is 16.1. The molecule has 2 aromatic carbocycles. The molecule has 2 aromatic rings. The summed E-state index contributed by atoms with van der Waals surface area (Å²) in [4.78, 5) is 25.9. The number of benzene rings is 2. The Morgan fingerprint density at radius 2 is 1.62 bits per heavy atom. The Bertz CT molecular complexity index is 766. The molecule has 2 rings (SSSR count). The lowest BCUT2D eigenvalue weighted by Gasteiger charge is -2.19. The van der Waals surface area contributed by atoms with Crippen molar-refractivity contribution in [3.63, 3.8) is 0 Å². The highest BCUT2D eigenvalue weighted by molar-refractivity contribution is 6.33. The molecule has 0 aliphatic rings. The van der Waals surface area contributed by atoms with Gasteiger partial charge in [0.1, 0.15) is 0 Å². The van der Waals surface area contributed by atoms with E-state index >= 15 is 0 Å². The molecule has 0 bridgehead atoms. The fraction of sp³-hybridized carbons (Fsp3) is 0.263. The van der Waals surface area contributed by atoms with Gasteiger partial charge in [-0.2, -0.15) is 0 Å². The molecule has 0 saturated heterocycles. The van der Waals surface area contributed by atoms with Crippen LogP contribution in [-0.4, -0.2) is 36.9 Å². The summed E-state index contributed by atoms with van der Waals surface area (Å²) in [7, 11) is 1.71. The normalized spacial score (nSPS) is 11.9. The first kappa shape index (κ1) is 20.2. The third kappa shape index (κ3) is 6.33. The molecule has 0 aliphatic heterocycles. The van der Waals surface area contributed by atoms with Gasteiger partial charge in [0.25, 0.3) is 0 Å². The number of nitrogens with one attached hydrogen (secondary N) is 2. The van der Waals surface area contributed by atoms with Gasteiger partial charge < -0.3 is 10.6 Å². The van der Waals surface area contributed by atoms with Crippen LogP contribution in [-0.2, 0) is 9.59 Å². The van der Waals surface area contributed by atoms with E-state index in [0.717, 1.165) is 5.56 Å². The molecule has 7 heteroatoms. The van der Waals surface area contributed by atoms with Crippen molar-refractivity contribution in [2.45, 2.75) is 13.0 Å². The van der Waals surface area contributed by atoms with E-state index in [9.17, 15) is 9.59 Å². The fourth-order valence-electron chi connectivity index (χ4n) is 2.42. The standard InChI is InChI=1S/C19H21Cl2N3O2/c1-13(14-7-9-15(20)10-8-14)22-18(25)11-24(2)12-19(26)23-17-6-4-3-5-16(17)21/h3-10,13H,11-12H2,1-2H3,(H,22,25)(H,23,26). The predicted octanol–water partition coefficient (Wildman–Crippen LogP) is 3.74. The highest BCUT2D eigenvalue weighted by Gasteiger charge is 2.14. The molecule has 0 heterocycles. The molecule has 1 unspecified atom stereocenters. The smallest absolute Gasteiger partial charge is 0.238 e. The summed E-state index contributed by atoms with van der Waals surface area (Å²) in [5.41, 5.74) is 1.51. The van der Waals surface area contributed by atoms with Crippen molar-refractivity contribution in [2.75, 3.05) is 25.5 Å². The third-order valence-electron chi connectivity index (χ3n) is 3.72. The highest BCUT2D eigenvalue weighted by atomic mass is 35.5. The van der Waals surface area contributed by atoms with Crippen molar-refractivity contribution in [1.82, 2.24) is 10.2 Å². The van der Waals surface area contributed by atoms with E-state index in [4.69, 9.17) is 23.2 Å². The number of halogens is 2. The van der Waals surface area contributed by atoms with Gasteiger partial charge in [-0.1, -0.05) is 47.5 Å². The van der Waals surface area contributed by atoms with Crippen LogP contribution in [0.3, 0.4) is 0 Å². The Balaban J connectivity index is 1.80. The van der Waals surface area contributed by atoms with Crippen LogP contribution in [0.25, 0.3) is 0 Å². The molecule has 2 N–H and O–H groups in total. The number of carbonyl (C=O) groups excluding carboxylic acids is 2. The Hall–Kier alpha value is -2.08.